The van der Waals surface area contributed by atoms with Crippen molar-refractivity contribution in [1.82, 2.24) is 9.97 Å². The van der Waals surface area contributed by atoms with Gasteiger partial charge in [0.1, 0.15) is 0 Å². The molecule has 1 aromatic heterocycles. The van der Waals surface area contributed by atoms with Crippen molar-refractivity contribution in [3.05, 3.63) is 38.9 Å². The Morgan fingerprint density at radius 2 is 1.95 bits per heavy atom. The van der Waals surface area contributed by atoms with Crippen molar-refractivity contribution in [2.45, 2.75) is 32.0 Å². The van der Waals surface area contributed by atoms with Gasteiger partial charge in [-0.15, -0.1) is 0 Å². The quantitative estimate of drug-likeness (QED) is 0.734. The van der Waals surface area contributed by atoms with Crippen LogP contribution in [0.25, 0.3) is 11.0 Å². The number of hydrogen-bond acceptors (Lipinski definition) is 4. The van der Waals surface area contributed by atoms with E-state index in [9.17, 15) is 9.59 Å². The van der Waals surface area contributed by atoms with E-state index in [2.05, 4.69) is 22.2 Å². The highest BCUT2D eigenvalue weighted by Gasteiger charge is 2.21. The zero-order valence-electron chi connectivity index (χ0n) is 11.2. The molecule has 2 heterocycles. The van der Waals surface area contributed by atoms with Gasteiger partial charge in [-0.3, -0.25) is 9.59 Å². The number of hydrogen-bond donors (Lipinski definition) is 3. The first kappa shape index (κ1) is 12.9. The Morgan fingerprint density at radius 1 is 1.20 bits per heavy atom. The van der Waals surface area contributed by atoms with Crippen LogP contribution in [0.5, 0.6) is 0 Å². The smallest absolute Gasteiger partial charge is 0.314 e. The predicted octanol–water partition coefficient (Wildman–Crippen LogP) is 1.20. The molecular weight excluding hydrogens is 258 g/mol. The molecule has 1 saturated heterocycles. The van der Waals surface area contributed by atoms with Crippen LogP contribution in [0, 0.1) is 0 Å². The van der Waals surface area contributed by atoms with E-state index in [0.717, 1.165) is 25.1 Å². The number of rotatable bonds is 3. The van der Waals surface area contributed by atoms with Gasteiger partial charge in [-0.05, 0) is 38.0 Å². The summed E-state index contributed by atoms with van der Waals surface area (Å²) in [6, 6.07) is 5.45. The zero-order valence-corrected chi connectivity index (χ0v) is 11.2. The summed E-state index contributed by atoms with van der Waals surface area (Å²) >= 11 is 0. The summed E-state index contributed by atoms with van der Waals surface area (Å²) in [7, 11) is 0. The van der Waals surface area contributed by atoms with Gasteiger partial charge >= 0.3 is 11.1 Å². The molecule has 3 rings (SSSR count). The lowest BCUT2D eigenvalue weighted by atomic mass is 10.2. The second-order valence-corrected chi connectivity index (χ2v) is 5.20. The second-order valence-electron chi connectivity index (χ2n) is 5.20. The summed E-state index contributed by atoms with van der Waals surface area (Å²) in [6.45, 7) is 2.82. The SMILES string of the molecule is CC1CCC(CNc2ccc3[nH]c(=O)c(=O)[nH]c3c2)O1. The van der Waals surface area contributed by atoms with Crippen molar-refractivity contribution < 1.29 is 4.74 Å². The lowest BCUT2D eigenvalue weighted by molar-refractivity contribution is 0.0637. The fourth-order valence-electron chi connectivity index (χ4n) is 2.49. The fraction of sp³-hybridized carbons (Fsp3) is 0.429. The van der Waals surface area contributed by atoms with Crippen molar-refractivity contribution in [1.29, 1.82) is 0 Å². The van der Waals surface area contributed by atoms with Gasteiger partial charge in [-0.2, -0.15) is 0 Å². The van der Waals surface area contributed by atoms with E-state index in [1.165, 1.54) is 0 Å². The molecule has 2 aromatic rings. The fourth-order valence-corrected chi connectivity index (χ4v) is 2.49. The minimum absolute atomic E-state index is 0.232. The molecule has 6 nitrogen and oxygen atoms in total. The number of ether oxygens (including phenoxy) is 1. The van der Waals surface area contributed by atoms with Crippen LogP contribution in [0.3, 0.4) is 0 Å². The molecule has 0 radical (unpaired) electrons. The normalized spacial score (nSPS) is 22.2. The van der Waals surface area contributed by atoms with Gasteiger partial charge in [-0.25, -0.2) is 0 Å². The molecule has 20 heavy (non-hydrogen) atoms. The summed E-state index contributed by atoms with van der Waals surface area (Å²) < 4.78 is 5.74. The standard InChI is InChI=1S/C14H17N3O3/c1-8-2-4-10(20-8)7-15-9-3-5-11-12(6-9)17-14(19)13(18)16-11/h3,5-6,8,10,15H,2,4,7H2,1H3,(H,16,18)(H,17,19). The number of aromatic nitrogens is 2. The average molecular weight is 275 g/mol. The van der Waals surface area contributed by atoms with Crippen LogP contribution in [0.4, 0.5) is 5.69 Å². The molecule has 0 saturated carbocycles. The van der Waals surface area contributed by atoms with Crippen molar-refractivity contribution in [2.24, 2.45) is 0 Å². The Bertz CT molecular complexity index is 734. The van der Waals surface area contributed by atoms with Crippen molar-refractivity contribution >= 4 is 16.7 Å². The molecule has 2 unspecified atom stereocenters. The van der Waals surface area contributed by atoms with Crippen LogP contribution in [-0.2, 0) is 4.74 Å². The van der Waals surface area contributed by atoms with Gasteiger partial charge in [0.2, 0.25) is 0 Å². The maximum Gasteiger partial charge on any atom is 0.314 e. The number of benzene rings is 1. The topological polar surface area (TPSA) is 87.0 Å². The Kier molecular flexibility index (Phi) is 3.31. The molecular formula is C14H17N3O3. The molecule has 3 N–H and O–H groups in total. The Balaban J connectivity index is 1.77. The third kappa shape index (κ3) is 2.60. The highest BCUT2D eigenvalue weighted by atomic mass is 16.5. The first-order valence-electron chi connectivity index (χ1n) is 6.77. The minimum atomic E-state index is -0.636. The van der Waals surface area contributed by atoms with Crippen LogP contribution in [0.2, 0.25) is 0 Å². The summed E-state index contributed by atoms with van der Waals surface area (Å²) in [5.74, 6) is 0. The van der Waals surface area contributed by atoms with E-state index >= 15 is 0 Å². The minimum Gasteiger partial charge on any atom is -0.382 e. The summed E-state index contributed by atoms with van der Waals surface area (Å²) in [5, 5.41) is 3.29. The van der Waals surface area contributed by atoms with Crippen LogP contribution >= 0.6 is 0 Å². The molecule has 0 amide bonds. The molecule has 6 heteroatoms. The molecule has 106 valence electrons. The molecule has 1 aromatic carbocycles. The number of nitrogens with one attached hydrogen (secondary N) is 3. The predicted molar refractivity (Wildman–Crippen MR) is 77.2 cm³/mol. The molecule has 2 atom stereocenters. The molecule has 1 fully saturated rings. The van der Waals surface area contributed by atoms with Gasteiger partial charge < -0.3 is 20.0 Å². The molecule has 0 spiro atoms. The average Bonchev–Trinajstić information content (AvgIpc) is 2.84. The van der Waals surface area contributed by atoms with Crippen LogP contribution < -0.4 is 16.4 Å². The maximum atomic E-state index is 11.3. The highest BCUT2D eigenvalue weighted by Crippen LogP contribution is 2.20. The van der Waals surface area contributed by atoms with E-state index < -0.39 is 11.1 Å². The van der Waals surface area contributed by atoms with E-state index in [0.29, 0.717) is 17.1 Å². The van der Waals surface area contributed by atoms with Crippen molar-refractivity contribution in [3.8, 4) is 0 Å². The monoisotopic (exact) mass is 275 g/mol. The van der Waals surface area contributed by atoms with Crippen LogP contribution in [-0.4, -0.2) is 28.7 Å². The largest absolute Gasteiger partial charge is 0.382 e. The molecule has 0 bridgehead atoms. The number of H-pyrrole nitrogens is 2. The second kappa shape index (κ2) is 5.13. The first-order chi connectivity index (χ1) is 9.61. The van der Waals surface area contributed by atoms with E-state index in [4.69, 9.17) is 4.74 Å². The van der Waals surface area contributed by atoms with Crippen molar-refractivity contribution in [2.75, 3.05) is 11.9 Å². The number of aromatic amines is 2. The third-order valence-electron chi connectivity index (χ3n) is 3.58. The van der Waals surface area contributed by atoms with Crippen LogP contribution in [0.1, 0.15) is 19.8 Å². The van der Waals surface area contributed by atoms with Gasteiger partial charge in [0.05, 0.1) is 23.2 Å². The van der Waals surface area contributed by atoms with Gasteiger partial charge in [0, 0.05) is 12.2 Å². The summed E-state index contributed by atoms with van der Waals surface area (Å²) in [4.78, 5) is 27.6. The van der Waals surface area contributed by atoms with E-state index in [1.54, 1.807) is 6.07 Å². The third-order valence-corrected chi connectivity index (χ3v) is 3.58. The lowest BCUT2D eigenvalue weighted by Crippen LogP contribution is -2.28. The van der Waals surface area contributed by atoms with Crippen LogP contribution in [0.15, 0.2) is 27.8 Å². The number of anilines is 1. The Hall–Kier alpha value is -2.08. The molecule has 0 aliphatic carbocycles. The summed E-state index contributed by atoms with van der Waals surface area (Å²) in [5.41, 5.74) is 0.851. The first-order valence-corrected chi connectivity index (χ1v) is 6.77. The molecule has 1 aliphatic heterocycles. The van der Waals surface area contributed by atoms with Crippen molar-refractivity contribution in [3.63, 3.8) is 0 Å². The van der Waals surface area contributed by atoms with Gasteiger partial charge in [0.15, 0.2) is 0 Å². The summed E-state index contributed by atoms with van der Waals surface area (Å²) in [6.07, 6.45) is 2.72. The van der Waals surface area contributed by atoms with E-state index in [1.807, 2.05) is 12.1 Å². The number of fused-ring (bicyclic) bond motifs is 1. The maximum absolute atomic E-state index is 11.3. The van der Waals surface area contributed by atoms with E-state index in [-0.39, 0.29) is 6.10 Å². The Labute approximate surface area is 115 Å². The lowest BCUT2D eigenvalue weighted by Gasteiger charge is -2.13. The van der Waals surface area contributed by atoms with Gasteiger partial charge in [-0.1, -0.05) is 0 Å². The Morgan fingerprint density at radius 3 is 2.65 bits per heavy atom. The zero-order chi connectivity index (χ0) is 14.1. The molecule has 1 aliphatic rings. The van der Waals surface area contributed by atoms with Gasteiger partial charge in [0.25, 0.3) is 0 Å². The highest BCUT2D eigenvalue weighted by molar-refractivity contribution is 5.78.